The van der Waals surface area contributed by atoms with Crippen molar-refractivity contribution in [1.82, 2.24) is 0 Å². The number of terminal acetylenes is 1. The van der Waals surface area contributed by atoms with Crippen LogP contribution in [0.5, 0.6) is 0 Å². The molecule has 22 heavy (non-hydrogen) atoms. The highest BCUT2D eigenvalue weighted by Gasteiger charge is 2.61. The van der Waals surface area contributed by atoms with Crippen LogP contribution in [-0.2, 0) is 4.79 Å². The largest absolute Gasteiger partial charge is 0.377 e. The molecule has 3 fully saturated rings. The third-order valence-corrected chi connectivity index (χ3v) is 7.69. The SMILES string of the molecule is C#C[C@]1(O)CC[C@@H]2[C@@H]3CCC4=CC(=O)CC[C@@H]4[C@@H]3CC[C@@]21C. The zero-order chi connectivity index (χ0) is 15.5. The predicted molar refractivity (Wildman–Crippen MR) is 85.9 cm³/mol. The Bertz CT molecular complexity index is 583. The van der Waals surface area contributed by atoms with E-state index in [0.717, 1.165) is 44.9 Å². The number of hydrogen-bond acceptors (Lipinski definition) is 2. The fourth-order valence-corrected chi connectivity index (χ4v) is 6.43. The Balaban J connectivity index is 1.65. The molecule has 4 aliphatic carbocycles. The van der Waals surface area contributed by atoms with Crippen LogP contribution < -0.4 is 0 Å². The van der Waals surface area contributed by atoms with Crippen LogP contribution in [0.1, 0.15) is 58.3 Å². The van der Waals surface area contributed by atoms with E-state index in [0.29, 0.717) is 29.5 Å². The topological polar surface area (TPSA) is 37.3 Å². The van der Waals surface area contributed by atoms with Crippen molar-refractivity contribution >= 4 is 5.78 Å². The third-order valence-electron chi connectivity index (χ3n) is 7.69. The molecular weight excluding hydrogens is 272 g/mol. The van der Waals surface area contributed by atoms with E-state index in [2.05, 4.69) is 12.8 Å². The first-order valence-electron chi connectivity index (χ1n) is 8.92. The van der Waals surface area contributed by atoms with Crippen LogP contribution in [0.4, 0.5) is 0 Å². The van der Waals surface area contributed by atoms with Crippen LogP contribution in [0.2, 0.25) is 0 Å². The molecule has 2 nitrogen and oxygen atoms in total. The Morgan fingerprint density at radius 3 is 2.77 bits per heavy atom. The molecule has 0 spiro atoms. The number of carbonyl (C=O) groups is 1. The molecule has 0 heterocycles. The summed E-state index contributed by atoms with van der Waals surface area (Å²) in [4.78, 5) is 11.7. The van der Waals surface area contributed by atoms with Gasteiger partial charge < -0.3 is 5.11 Å². The van der Waals surface area contributed by atoms with Gasteiger partial charge in [-0.05, 0) is 74.7 Å². The molecule has 4 rings (SSSR count). The zero-order valence-corrected chi connectivity index (χ0v) is 13.5. The Labute approximate surface area is 133 Å². The Morgan fingerprint density at radius 1 is 1.18 bits per heavy atom. The summed E-state index contributed by atoms with van der Waals surface area (Å²) in [5.41, 5.74) is 0.418. The smallest absolute Gasteiger partial charge is 0.155 e. The van der Waals surface area contributed by atoms with E-state index >= 15 is 0 Å². The highest BCUT2D eigenvalue weighted by molar-refractivity contribution is 5.91. The molecule has 0 aromatic carbocycles. The second kappa shape index (κ2) is 4.71. The van der Waals surface area contributed by atoms with E-state index in [1.165, 1.54) is 12.0 Å². The summed E-state index contributed by atoms with van der Waals surface area (Å²) in [6.45, 7) is 2.23. The minimum atomic E-state index is -0.902. The minimum absolute atomic E-state index is 0.103. The van der Waals surface area contributed by atoms with Crippen molar-refractivity contribution in [3.63, 3.8) is 0 Å². The number of ketones is 1. The van der Waals surface area contributed by atoms with Gasteiger partial charge in [-0.2, -0.15) is 0 Å². The lowest BCUT2D eigenvalue weighted by molar-refractivity contribution is -0.116. The molecule has 0 saturated heterocycles. The maximum atomic E-state index is 11.7. The van der Waals surface area contributed by atoms with Gasteiger partial charge in [0.25, 0.3) is 0 Å². The van der Waals surface area contributed by atoms with Gasteiger partial charge in [0, 0.05) is 11.8 Å². The average Bonchev–Trinajstić information content (AvgIpc) is 2.79. The monoisotopic (exact) mass is 298 g/mol. The quantitative estimate of drug-likeness (QED) is 0.695. The predicted octanol–water partition coefficient (Wildman–Crippen LogP) is 3.49. The summed E-state index contributed by atoms with van der Waals surface area (Å²) >= 11 is 0. The van der Waals surface area contributed by atoms with E-state index in [4.69, 9.17) is 6.42 Å². The van der Waals surface area contributed by atoms with Crippen molar-refractivity contribution in [1.29, 1.82) is 0 Å². The first-order chi connectivity index (χ1) is 10.5. The molecule has 0 aliphatic heterocycles. The summed E-state index contributed by atoms with van der Waals surface area (Å²) in [5, 5.41) is 10.9. The van der Waals surface area contributed by atoms with Gasteiger partial charge in [0.05, 0.1) is 0 Å². The van der Waals surface area contributed by atoms with Crippen molar-refractivity contribution < 1.29 is 9.90 Å². The molecular formula is C20H26O2. The molecule has 3 saturated carbocycles. The summed E-state index contributed by atoms with van der Waals surface area (Å²) in [6, 6.07) is 0. The van der Waals surface area contributed by atoms with E-state index in [1.54, 1.807) is 0 Å². The van der Waals surface area contributed by atoms with Crippen LogP contribution in [0.15, 0.2) is 11.6 Å². The molecule has 0 bridgehead atoms. The van der Waals surface area contributed by atoms with Crippen LogP contribution in [0, 0.1) is 41.4 Å². The van der Waals surface area contributed by atoms with Gasteiger partial charge in [0.1, 0.15) is 5.60 Å². The Morgan fingerprint density at radius 2 is 2.00 bits per heavy atom. The minimum Gasteiger partial charge on any atom is -0.377 e. The molecule has 0 amide bonds. The summed E-state index contributed by atoms with van der Waals surface area (Å²) in [7, 11) is 0. The standard InChI is InChI=1S/C20H26O2/c1-3-20(22)11-9-18-17-6-4-13-12-14(21)5-7-15(13)16(17)8-10-19(18,20)2/h1,12,15-18,22H,4-11H2,2H3/t15-,16-,17+,18+,19-,20-/m0/s1. The average molecular weight is 298 g/mol. The Hall–Kier alpha value is -1.07. The number of rotatable bonds is 0. The lowest BCUT2D eigenvalue weighted by Gasteiger charge is -2.54. The molecule has 0 aromatic rings. The molecule has 0 unspecified atom stereocenters. The second-order valence-electron chi connectivity index (χ2n) is 8.30. The van der Waals surface area contributed by atoms with Gasteiger partial charge in [-0.25, -0.2) is 0 Å². The molecule has 1 N–H and O–H groups in total. The summed E-state index contributed by atoms with van der Waals surface area (Å²) in [5.74, 6) is 5.66. The van der Waals surface area contributed by atoms with Crippen LogP contribution >= 0.6 is 0 Å². The normalized spacial score (nSPS) is 50.4. The first kappa shape index (κ1) is 14.5. The number of carbonyl (C=O) groups excluding carboxylic acids is 1. The lowest BCUT2D eigenvalue weighted by atomic mass is 9.50. The highest BCUT2D eigenvalue weighted by Crippen LogP contribution is 2.64. The highest BCUT2D eigenvalue weighted by atomic mass is 16.3. The fraction of sp³-hybridized carbons (Fsp3) is 0.750. The van der Waals surface area contributed by atoms with Crippen molar-refractivity contribution in [2.45, 2.75) is 63.9 Å². The number of hydrogen-bond donors (Lipinski definition) is 1. The lowest BCUT2D eigenvalue weighted by Crippen LogP contribution is -2.52. The van der Waals surface area contributed by atoms with E-state index < -0.39 is 5.60 Å². The van der Waals surface area contributed by atoms with Gasteiger partial charge in [-0.15, -0.1) is 6.42 Å². The first-order valence-corrected chi connectivity index (χ1v) is 8.92. The van der Waals surface area contributed by atoms with Crippen molar-refractivity contribution in [2.75, 3.05) is 0 Å². The maximum Gasteiger partial charge on any atom is 0.155 e. The molecule has 0 aromatic heterocycles. The summed E-state index contributed by atoms with van der Waals surface area (Å²) in [6.07, 6.45) is 15.7. The van der Waals surface area contributed by atoms with Gasteiger partial charge in [-0.1, -0.05) is 18.4 Å². The fourth-order valence-electron chi connectivity index (χ4n) is 6.43. The van der Waals surface area contributed by atoms with Crippen LogP contribution in [0.3, 0.4) is 0 Å². The maximum absolute atomic E-state index is 11.7. The van der Waals surface area contributed by atoms with Crippen LogP contribution in [0.25, 0.3) is 0 Å². The van der Waals surface area contributed by atoms with Gasteiger partial charge in [0.15, 0.2) is 5.78 Å². The van der Waals surface area contributed by atoms with Crippen molar-refractivity contribution in [2.24, 2.45) is 29.1 Å². The molecule has 0 radical (unpaired) electrons. The zero-order valence-electron chi connectivity index (χ0n) is 13.5. The van der Waals surface area contributed by atoms with Gasteiger partial charge in [-0.3, -0.25) is 4.79 Å². The van der Waals surface area contributed by atoms with Gasteiger partial charge in [0.2, 0.25) is 0 Å². The number of allylic oxidation sites excluding steroid dienone is 1. The van der Waals surface area contributed by atoms with E-state index in [-0.39, 0.29) is 5.41 Å². The molecule has 2 heteroatoms. The molecule has 6 atom stereocenters. The Kier molecular flexibility index (Phi) is 3.11. The van der Waals surface area contributed by atoms with Crippen molar-refractivity contribution in [3.05, 3.63) is 11.6 Å². The summed E-state index contributed by atoms with van der Waals surface area (Å²) < 4.78 is 0. The number of fused-ring (bicyclic) bond motifs is 5. The van der Waals surface area contributed by atoms with Crippen LogP contribution in [-0.4, -0.2) is 16.5 Å². The van der Waals surface area contributed by atoms with E-state index in [9.17, 15) is 9.90 Å². The van der Waals surface area contributed by atoms with E-state index in [1.807, 2.05) is 6.08 Å². The number of aliphatic hydroxyl groups is 1. The van der Waals surface area contributed by atoms with Crippen molar-refractivity contribution in [3.8, 4) is 12.3 Å². The molecule has 118 valence electrons. The molecule has 4 aliphatic rings. The third kappa shape index (κ3) is 1.75. The van der Waals surface area contributed by atoms with Gasteiger partial charge >= 0.3 is 0 Å². The second-order valence-corrected chi connectivity index (χ2v) is 8.30.